The van der Waals surface area contributed by atoms with E-state index in [1.54, 1.807) is 0 Å². The van der Waals surface area contributed by atoms with E-state index in [0.717, 1.165) is 25.6 Å². The molecule has 1 N–H and O–H groups in total. The van der Waals surface area contributed by atoms with Crippen LogP contribution in [-0.4, -0.2) is 25.3 Å². The number of likely N-dealkylation sites (N-methyl/N-ethyl adjacent to an activating group) is 1. The summed E-state index contributed by atoms with van der Waals surface area (Å²) in [6.07, 6.45) is 14.7. The molecule has 1 aliphatic rings. The molecule has 0 atom stereocenters. The fourth-order valence-corrected chi connectivity index (χ4v) is 3.62. The lowest BCUT2D eigenvalue weighted by molar-refractivity contribution is -0.0778. The van der Waals surface area contributed by atoms with E-state index < -0.39 is 0 Å². The molecular formula is C19H39NO. The first-order valence-corrected chi connectivity index (χ1v) is 9.61. The van der Waals surface area contributed by atoms with Gasteiger partial charge in [-0.05, 0) is 44.6 Å². The molecule has 0 amide bonds. The molecule has 1 fully saturated rings. The topological polar surface area (TPSA) is 21.3 Å². The van der Waals surface area contributed by atoms with Crippen LogP contribution >= 0.6 is 0 Å². The van der Waals surface area contributed by atoms with Crippen LogP contribution in [0, 0.1) is 5.92 Å². The normalized spacial score (nSPS) is 26.1. The average molecular weight is 298 g/mol. The van der Waals surface area contributed by atoms with Gasteiger partial charge in [-0.2, -0.15) is 0 Å². The first-order chi connectivity index (χ1) is 10.3. The monoisotopic (exact) mass is 297 g/mol. The fourth-order valence-electron chi connectivity index (χ4n) is 3.62. The third-order valence-electron chi connectivity index (χ3n) is 5.07. The lowest BCUT2D eigenvalue weighted by Crippen LogP contribution is -2.46. The van der Waals surface area contributed by atoms with E-state index in [4.69, 9.17) is 4.74 Å². The minimum absolute atomic E-state index is 0.144. The molecule has 0 aromatic heterocycles. The minimum Gasteiger partial charge on any atom is -0.374 e. The Morgan fingerprint density at radius 2 is 1.67 bits per heavy atom. The van der Waals surface area contributed by atoms with Gasteiger partial charge in [-0.15, -0.1) is 0 Å². The Morgan fingerprint density at radius 1 is 0.952 bits per heavy atom. The van der Waals surface area contributed by atoms with Gasteiger partial charge in [-0.3, -0.25) is 0 Å². The van der Waals surface area contributed by atoms with Gasteiger partial charge in [0.25, 0.3) is 0 Å². The van der Waals surface area contributed by atoms with Crippen molar-refractivity contribution in [3.63, 3.8) is 0 Å². The van der Waals surface area contributed by atoms with Crippen molar-refractivity contribution < 1.29 is 4.74 Å². The van der Waals surface area contributed by atoms with Crippen molar-refractivity contribution in [1.82, 2.24) is 5.32 Å². The zero-order valence-electron chi connectivity index (χ0n) is 14.9. The van der Waals surface area contributed by atoms with Crippen LogP contribution in [0.5, 0.6) is 0 Å². The highest BCUT2D eigenvalue weighted by Crippen LogP contribution is 2.36. The molecular weight excluding hydrogens is 258 g/mol. The van der Waals surface area contributed by atoms with Crippen LogP contribution in [0.25, 0.3) is 0 Å². The van der Waals surface area contributed by atoms with E-state index in [1.807, 2.05) is 0 Å². The van der Waals surface area contributed by atoms with Crippen LogP contribution in [-0.2, 0) is 4.74 Å². The molecule has 126 valence electrons. The third-order valence-corrected chi connectivity index (χ3v) is 5.07. The summed E-state index contributed by atoms with van der Waals surface area (Å²) in [6.45, 7) is 9.86. The summed E-state index contributed by atoms with van der Waals surface area (Å²) in [5.41, 5.74) is 0.144. The molecule has 1 saturated carbocycles. The molecule has 0 saturated heterocycles. The van der Waals surface area contributed by atoms with E-state index in [9.17, 15) is 0 Å². The Kier molecular flexibility index (Phi) is 10.4. The molecule has 1 aliphatic carbocycles. The van der Waals surface area contributed by atoms with Crippen LogP contribution < -0.4 is 5.32 Å². The summed E-state index contributed by atoms with van der Waals surface area (Å²) in [5, 5.41) is 3.54. The molecule has 0 aromatic rings. The van der Waals surface area contributed by atoms with Gasteiger partial charge in [0, 0.05) is 13.2 Å². The number of rotatable bonds is 12. The summed E-state index contributed by atoms with van der Waals surface area (Å²) in [5.74, 6) is 0.956. The van der Waals surface area contributed by atoms with Gasteiger partial charge in [-0.25, -0.2) is 0 Å². The van der Waals surface area contributed by atoms with Gasteiger partial charge in [0.05, 0.1) is 5.60 Å². The number of unbranched alkanes of at least 4 members (excludes halogenated alkanes) is 4. The van der Waals surface area contributed by atoms with Crippen molar-refractivity contribution >= 4 is 0 Å². The van der Waals surface area contributed by atoms with Gasteiger partial charge >= 0.3 is 0 Å². The van der Waals surface area contributed by atoms with E-state index in [0.29, 0.717) is 0 Å². The Bertz CT molecular complexity index is 234. The molecule has 2 heteroatoms. The highest BCUT2D eigenvalue weighted by atomic mass is 16.5. The fraction of sp³-hybridized carbons (Fsp3) is 1.00. The van der Waals surface area contributed by atoms with Crippen molar-refractivity contribution in [3.05, 3.63) is 0 Å². The smallest absolute Gasteiger partial charge is 0.0806 e. The number of hydrogen-bond donors (Lipinski definition) is 1. The second kappa shape index (κ2) is 11.5. The largest absolute Gasteiger partial charge is 0.374 e. The number of hydrogen-bond acceptors (Lipinski definition) is 2. The van der Waals surface area contributed by atoms with Gasteiger partial charge in [0.2, 0.25) is 0 Å². The molecule has 0 bridgehead atoms. The highest BCUT2D eigenvalue weighted by molar-refractivity contribution is 4.89. The first-order valence-electron chi connectivity index (χ1n) is 9.61. The van der Waals surface area contributed by atoms with Crippen LogP contribution in [0.2, 0.25) is 0 Å². The predicted molar refractivity (Wildman–Crippen MR) is 92.9 cm³/mol. The Morgan fingerprint density at radius 3 is 2.29 bits per heavy atom. The third kappa shape index (κ3) is 7.65. The lowest BCUT2D eigenvalue weighted by atomic mass is 9.77. The molecule has 0 heterocycles. The second-order valence-electron chi connectivity index (χ2n) is 6.96. The lowest BCUT2D eigenvalue weighted by Gasteiger charge is -2.40. The molecule has 0 aromatic carbocycles. The zero-order valence-corrected chi connectivity index (χ0v) is 14.9. The SMILES string of the molecule is CCCCCCCOC1(CNCC)CCC(CCC)CC1. The van der Waals surface area contributed by atoms with Crippen molar-refractivity contribution in [3.8, 4) is 0 Å². The van der Waals surface area contributed by atoms with E-state index >= 15 is 0 Å². The summed E-state index contributed by atoms with van der Waals surface area (Å²) >= 11 is 0. The standard InChI is InChI=1S/C19H39NO/c1-4-7-8-9-10-16-21-19(17-20-6-3)14-12-18(11-5-2)13-15-19/h18,20H,4-17H2,1-3H3. The average Bonchev–Trinajstić information content (AvgIpc) is 2.51. The van der Waals surface area contributed by atoms with E-state index in [2.05, 4.69) is 26.1 Å². The highest BCUT2D eigenvalue weighted by Gasteiger charge is 2.35. The second-order valence-corrected chi connectivity index (χ2v) is 6.96. The van der Waals surface area contributed by atoms with E-state index in [-0.39, 0.29) is 5.60 Å². The predicted octanol–water partition coefficient (Wildman–Crippen LogP) is 5.31. The maximum atomic E-state index is 6.42. The maximum Gasteiger partial charge on any atom is 0.0806 e. The van der Waals surface area contributed by atoms with Crippen LogP contribution in [0.1, 0.15) is 91.4 Å². The molecule has 0 aliphatic heterocycles. The molecule has 21 heavy (non-hydrogen) atoms. The summed E-state index contributed by atoms with van der Waals surface area (Å²) in [7, 11) is 0. The number of ether oxygens (including phenoxy) is 1. The summed E-state index contributed by atoms with van der Waals surface area (Å²) in [4.78, 5) is 0. The Hall–Kier alpha value is -0.0800. The Balaban J connectivity index is 2.30. The van der Waals surface area contributed by atoms with Crippen molar-refractivity contribution in [2.45, 2.75) is 97.0 Å². The first kappa shape index (κ1) is 19.0. The zero-order chi connectivity index (χ0) is 15.4. The molecule has 1 rings (SSSR count). The van der Waals surface area contributed by atoms with E-state index in [1.165, 1.54) is 70.6 Å². The molecule has 0 radical (unpaired) electrons. The van der Waals surface area contributed by atoms with Gasteiger partial charge in [0.1, 0.15) is 0 Å². The summed E-state index contributed by atoms with van der Waals surface area (Å²) < 4.78 is 6.42. The van der Waals surface area contributed by atoms with Crippen molar-refractivity contribution in [2.24, 2.45) is 5.92 Å². The van der Waals surface area contributed by atoms with Crippen molar-refractivity contribution in [2.75, 3.05) is 19.7 Å². The molecule has 0 spiro atoms. The van der Waals surface area contributed by atoms with Crippen LogP contribution in [0.4, 0.5) is 0 Å². The van der Waals surface area contributed by atoms with Crippen molar-refractivity contribution in [1.29, 1.82) is 0 Å². The van der Waals surface area contributed by atoms with Crippen LogP contribution in [0.15, 0.2) is 0 Å². The van der Waals surface area contributed by atoms with Gasteiger partial charge in [-0.1, -0.05) is 59.3 Å². The quantitative estimate of drug-likeness (QED) is 0.493. The molecule has 2 nitrogen and oxygen atoms in total. The Labute approximate surface area is 133 Å². The minimum atomic E-state index is 0.144. The van der Waals surface area contributed by atoms with Gasteiger partial charge in [0.15, 0.2) is 0 Å². The van der Waals surface area contributed by atoms with Crippen LogP contribution in [0.3, 0.4) is 0 Å². The summed E-state index contributed by atoms with van der Waals surface area (Å²) in [6, 6.07) is 0. The number of nitrogens with one attached hydrogen (secondary N) is 1. The molecule has 0 unspecified atom stereocenters. The van der Waals surface area contributed by atoms with Gasteiger partial charge < -0.3 is 10.1 Å². The maximum absolute atomic E-state index is 6.42.